The van der Waals surface area contributed by atoms with E-state index in [-0.39, 0.29) is 0 Å². The van der Waals surface area contributed by atoms with Crippen molar-refractivity contribution in [2.75, 3.05) is 0 Å². The third kappa shape index (κ3) is 10.9. The molecule has 0 aromatic rings. The smallest absolute Gasteiger partial charge is 0.326 e. The number of primary amides is 2. The number of nitrogens with one attached hydrogen (secondary N) is 3. The number of carbonyl (C=O) groups excluding carboxylic acids is 5. The molecule has 0 bridgehead atoms. The van der Waals surface area contributed by atoms with E-state index in [2.05, 4.69) is 16.0 Å². The fraction of sp³-hybridized carbons (Fsp3) is 0.611. The van der Waals surface area contributed by atoms with Gasteiger partial charge in [-0.3, -0.25) is 28.8 Å². The zero-order valence-corrected chi connectivity index (χ0v) is 18.2. The maximum Gasteiger partial charge on any atom is 0.326 e. The third-order valence-electron chi connectivity index (χ3n) is 4.58. The molecule has 11 N–H and O–H groups in total. The highest BCUT2D eigenvalue weighted by molar-refractivity contribution is 5.97. The SMILES string of the molecule is CCC(C)C(NC(=O)C(CC(=O)O)NC(=O)C(N)CC(N)=O)C(=O)NC(CC(N)=O)C(=O)O. The van der Waals surface area contributed by atoms with Crippen molar-refractivity contribution in [1.29, 1.82) is 0 Å². The molecule has 0 aliphatic rings. The lowest BCUT2D eigenvalue weighted by Crippen LogP contribution is -2.59. The van der Waals surface area contributed by atoms with Gasteiger partial charge in [0, 0.05) is 0 Å². The Morgan fingerprint density at radius 2 is 1.27 bits per heavy atom. The summed E-state index contributed by atoms with van der Waals surface area (Å²) in [7, 11) is 0. The van der Waals surface area contributed by atoms with Gasteiger partial charge in [-0.2, -0.15) is 0 Å². The molecule has 0 aromatic heterocycles. The number of hydrogen-bond donors (Lipinski definition) is 8. The molecule has 0 aliphatic carbocycles. The van der Waals surface area contributed by atoms with Crippen LogP contribution in [0.5, 0.6) is 0 Å². The Morgan fingerprint density at radius 3 is 1.70 bits per heavy atom. The maximum absolute atomic E-state index is 12.7. The van der Waals surface area contributed by atoms with Gasteiger partial charge < -0.3 is 43.4 Å². The van der Waals surface area contributed by atoms with E-state index >= 15 is 0 Å². The van der Waals surface area contributed by atoms with Gasteiger partial charge in [0.1, 0.15) is 18.1 Å². The number of carboxylic acid groups (broad SMARTS) is 2. The second-order valence-corrected chi connectivity index (χ2v) is 7.38. The van der Waals surface area contributed by atoms with Crippen LogP contribution in [0.4, 0.5) is 0 Å². The van der Waals surface area contributed by atoms with Crippen molar-refractivity contribution in [2.24, 2.45) is 23.1 Å². The molecular weight excluding hydrogens is 444 g/mol. The van der Waals surface area contributed by atoms with Gasteiger partial charge in [-0.25, -0.2) is 4.79 Å². The largest absolute Gasteiger partial charge is 0.481 e. The second kappa shape index (κ2) is 13.6. The quantitative estimate of drug-likeness (QED) is 0.114. The van der Waals surface area contributed by atoms with Crippen molar-refractivity contribution >= 4 is 41.5 Å². The zero-order valence-electron chi connectivity index (χ0n) is 18.2. The summed E-state index contributed by atoms with van der Waals surface area (Å²) < 4.78 is 0. The Kier molecular flexibility index (Phi) is 12.1. The number of amides is 5. The standard InChI is InChI=1S/C18H30N6O9/c1-3-7(2)14(17(31)23-10(18(32)33)5-12(21)26)24-16(30)9(6-13(27)28)22-15(29)8(19)4-11(20)25/h7-10,14H,3-6,19H2,1-2H3,(H2,20,25)(H2,21,26)(H,22,29)(H,23,31)(H,24,30)(H,27,28)(H,32,33). The van der Waals surface area contributed by atoms with E-state index in [1.54, 1.807) is 13.8 Å². The van der Waals surface area contributed by atoms with Crippen LogP contribution in [0.15, 0.2) is 0 Å². The van der Waals surface area contributed by atoms with Crippen LogP contribution < -0.4 is 33.2 Å². The molecular formula is C18H30N6O9. The normalized spacial score (nSPS) is 15.1. The number of hydrogen-bond acceptors (Lipinski definition) is 8. The molecule has 33 heavy (non-hydrogen) atoms. The first-order chi connectivity index (χ1) is 15.2. The van der Waals surface area contributed by atoms with Gasteiger partial charge in [-0.05, 0) is 5.92 Å². The monoisotopic (exact) mass is 474 g/mol. The maximum atomic E-state index is 12.7. The topological polar surface area (TPSA) is 274 Å². The summed E-state index contributed by atoms with van der Waals surface area (Å²) in [5.41, 5.74) is 15.4. The van der Waals surface area contributed by atoms with Crippen LogP contribution in [-0.4, -0.2) is 75.9 Å². The highest BCUT2D eigenvalue weighted by Gasteiger charge is 2.34. The lowest BCUT2D eigenvalue weighted by atomic mass is 9.97. The van der Waals surface area contributed by atoms with E-state index in [1.807, 2.05) is 0 Å². The van der Waals surface area contributed by atoms with Crippen LogP contribution in [0.25, 0.3) is 0 Å². The molecule has 0 saturated carbocycles. The minimum Gasteiger partial charge on any atom is -0.481 e. The Morgan fingerprint density at radius 1 is 0.758 bits per heavy atom. The van der Waals surface area contributed by atoms with Crippen molar-refractivity contribution < 1.29 is 43.8 Å². The van der Waals surface area contributed by atoms with E-state index in [0.29, 0.717) is 6.42 Å². The van der Waals surface area contributed by atoms with E-state index in [9.17, 15) is 33.6 Å². The first-order valence-electron chi connectivity index (χ1n) is 9.87. The second-order valence-electron chi connectivity index (χ2n) is 7.38. The molecule has 0 aliphatic heterocycles. The number of carbonyl (C=O) groups is 7. The van der Waals surface area contributed by atoms with Gasteiger partial charge in [-0.15, -0.1) is 0 Å². The summed E-state index contributed by atoms with van der Waals surface area (Å²) in [5, 5.41) is 24.7. The first kappa shape index (κ1) is 29.2. The molecule has 0 radical (unpaired) electrons. The molecule has 5 unspecified atom stereocenters. The predicted octanol–water partition coefficient (Wildman–Crippen LogP) is -3.88. The molecule has 0 saturated heterocycles. The van der Waals surface area contributed by atoms with E-state index < -0.39 is 90.8 Å². The Labute approximate surface area is 188 Å². The molecule has 0 aromatic carbocycles. The Balaban J connectivity index is 5.61. The van der Waals surface area contributed by atoms with Crippen LogP contribution in [0.2, 0.25) is 0 Å². The van der Waals surface area contributed by atoms with E-state index in [0.717, 1.165) is 0 Å². The number of nitrogens with two attached hydrogens (primary N) is 3. The molecule has 0 fully saturated rings. The minimum absolute atomic E-state index is 0.339. The zero-order chi connectivity index (χ0) is 25.9. The van der Waals surface area contributed by atoms with Crippen LogP contribution >= 0.6 is 0 Å². The summed E-state index contributed by atoms with van der Waals surface area (Å²) in [6.45, 7) is 3.23. The van der Waals surface area contributed by atoms with Crippen molar-refractivity contribution in [1.82, 2.24) is 16.0 Å². The van der Waals surface area contributed by atoms with Crippen molar-refractivity contribution in [3.63, 3.8) is 0 Å². The van der Waals surface area contributed by atoms with Crippen molar-refractivity contribution in [3.05, 3.63) is 0 Å². The molecule has 15 nitrogen and oxygen atoms in total. The van der Waals surface area contributed by atoms with E-state index in [1.165, 1.54) is 0 Å². The molecule has 0 rings (SSSR count). The molecule has 5 amide bonds. The minimum atomic E-state index is -1.67. The van der Waals surface area contributed by atoms with Gasteiger partial charge in [0.15, 0.2) is 0 Å². The fourth-order valence-electron chi connectivity index (χ4n) is 2.59. The Hall–Kier alpha value is -3.75. The molecule has 186 valence electrons. The molecule has 0 spiro atoms. The summed E-state index contributed by atoms with van der Waals surface area (Å²) in [6.07, 6.45) is -1.79. The highest BCUT2D eigenvalue weighted by Crippen LogP contribution is 2.10. The Bertz CT molecular complexity index is 787. The average molecular weight is 474 g/mol. The van der Waals surface area contributed by atoms with Gasteiger partial charge in [0.05, 0.1) is 25.3 Å². The van der Waals surface area contributed by atoms with Crippen LogP contribution in [0, 0.1) is 5.92 Å². The number of aliphatic carboxylic acids is 2. The number of carboxylic acids is 2. The van der Waals surface area contributed by atoms with Crippen LogP contribution in [0.1, 0.15) is 39.5 Å². The van der Waals surface area contributed by atoms with Gasteiger partial charge in [0.2, 0.25) is 29.5 Å². The van der Waals surface area contributed by atoms with Crippen LogP contribution in [0.3, 0.4) is 0 Å². The fourth-order valence-corrected chi connectivity index (χ4v) is 2.59. The molecule has 0 heterocycles. The van der Waals surface area contributed by atoms with Crippen molar-refractivity contribution in [3.8, 4) is 0 Å². The predicted molar refractivity (Wildman–Crippen MR) is 111 cm³/mol. The average Bonchev–Trinajstić information content (AvgIpc) is 2.68. The summed E-state index contributed by atoms with van der Waals surface area (Å²) >= 11 is 0. The summed E-state index contributed by atoms with van der Waals surface area (Å²) in [4.78, 5) is 81.9. The first-order valence-corrected chi connectivity index (χ1v) is 9.87. The van der Waals surface area contributed by atoms with Crippen molar-refractivity contribution in [2.45, 2.75) is 63.7 Å². The summed E-state index contributed by atoms with van der Waals surface area (Å²) in [6, 6.07) is -6.11. The lowest BCUT2D eigenvalue weighted by molar-refractivity contribution is -0.144. The van der Waals surface area contributed by atoms with Gasteiger partial charge in [0.25, 0.3) is 0 Å². The molecule has 5 atom stereocenters. The molecule has 15 heteroatoms. The number of rotatable bonds is 15. The summed E-state index contributed by atoms with van der Waals surface area (Å²) in [5.74, 6) is -8.48. The highest BCUT2D eigenvalue weighted by atomic mass is 16.4. The van der Waals surface area contributed by atoms with E-state index in [4.69, 9.17) is 27.4 Å². The van der Waals surface area contributed by atoms with Gasteiger partial charge in [-0.1, -0.05) is 20.3 Å². The lowest BCUT2D eigenvalue weighted by Gasteiger charge is -2.27. The third-order valence-corrected chi connectivity index (χ3v) is 4.58. The van der Waals surface area contributed by atoms with Crippen LogP contribution in [-0.2, 0) is 33.6 Å². The van der Waals surface area contributed by atoms with Gasteiger partial charge >= 0.3 is 11.9 Å².